The molecule has 1 heterocycles. The van der Waals surface area contributed by atoms with Crippen LogP contribution in [0.5, 0.6) is 5.75 Å². The quantitative estimate of drug-likeness (QED) is 0.620. The van der Waals surface area contributed by atoms with Crippen molar-refractivity contribution < 1.29 is 23.6 Å². The second-order valence-electron chi connectivity index (χ2n) is 4.10. The highest BCUT2D eigenvalue weighted by Crippen LogP contribution is 2.08. The number of nitrogens with zero attached hydrogens (tertiary/aromatic N) is 1. The maximum absolute atomic E-state index is 12.1. The van der Waals surface area contributed by atoms with Crippen molar-refractivity contribution in [2.24, 2.45) is 0 Å². The number of aromatic nitrogens is 1. The van der Waals surface area contributed by atoms with E-state index in [1.807, 2.05) is 6.07 Å². The summed E-state index contributed by atoms with van der Waals surface area (Å²) in [5.74, 6) is -0.0702. The summed E-state index contributed by atoms with van der Waals surface area (Å²) >= 11 is 0. The minimum atomic E-state index is -0.584. The minimum Gasteiger partial charge on any atom is -0.465 e. The standard InChI is InChI=1S/C15H14NO4/c1-11-8-9-12(14(17)19-2)10-16(11)15(18)20-13-6-4-3-5-7-13/h3-10H,1-2H3/q+1. The molecular formula is C15H14NO4+. The highest BCUT2D eigenvalue weighted by Gasteiger charge is 2.23. The molecule has 0 atom stereocenters. The van der Waals surface area contributed by atoms with Gasteiger partial charge >= 0.3 is 12.1 Å². The summed E-state index contributed by atoms with van der Waals surface area (Å²) in [4.78, 5) is 23.6. The highest BCUT2D eigenvalue weighted by molar-refractivity contribution is 5.88. The number of hydrogen-bond donors (Lipinski definition) is 0. The molecule has 0 spiro atoms. The Morgan fingerprint density at radius 3 is 2.40 bits per heavy atom. The third kappa shape index (κ3) is 3.00. The van der Waals surface area contributed by atoms with Crippen molar-refractivity contribution in [3.63, 3.8) is 0 Å². The van der Waals surface area contributed by atoms with Gasteiger partial charge in [0, 0.05) is 13.0 Å². The lowest BCUT2D eigenvalue weighted by Gasteiger charge is -2.02. The number of aryl methyl sites for hydroxylation is 1. The van der Waals surface area contributed by atoms with Gasteiger partial charge in [0.1, 0.15) is 11.3 Å². The zero-order valence-electron chi connectivity index (χ0n) is 11.2. The Kier molecular flexibility index (Phi) is 4.10. The molecule has 20 heavy (non-hydrogen) atoms. The first-order chi connectivity index (χ1) is 9.61. The minimum absolute atomic E-state index is 0.281. The predicted molar refractivity (Wildman–Crippen MR) is 70.6 cm³/mol. The third-order valence-electron chi connectivity index (χ3n) is 2.72. The molecule has 0 N–H and O–H groups in total. The number of ether oxygens (including phenoxy) is 2. The molecule has 1 aromatic heterocycles. The van der Waals surface area contributed by atoms with Gasteiger partial charge in [-0.2, -0.15) is 4.79 Å². The first-order valence-corrected chi connectivity index (χ1v) is 5.99. The van der Waals surface area contributed by atoms with Gasteiger partial charge in [-0.1, -0.05) is 22.8 Å². The number of methoxy groups -OCH3 is 1. The van der Waals surface area contributed by atoms with E-state index in [2.05, 4.69) is 4.74 Å². The van der Waals surface area contributed by atoms with Crippen molar-refractivity contribution >= 4 is 12.1 Å². The van der Waals surface area contributed by atoms with Gasteiger partial charge in [-0.05, 0) is 18.2 Å². The van der Waals surface area contributed by atoms with Gasteiger partial charge in [0.05, 0.1) is 7.11 Å². The maximum atomic E-state index is 12.1. The number of para-hydroxylation sites is 1. The van der Waals surface area contributed by atoms with Gasteiger partial charge in [0.15, 0.2) is 11.9 Å². The molecule has 102 valence electrons. The van der Waals surface area contributed by atoms with Crippen molar-refractivity contribution in [1.29, 1.82) is 0 Å². The lowest BCUT2D eigenvalue weighted by molar-refractivity contribution is -0.589. The molecule has 5 nitrogen and oxygen atoms in total. The fourth-order valence-corrected chi connectivity index (χ4v) is 1.65. The molecule has 0 saturated carbocycles. The molecule has 0 aliphatic heterocycles. The molecule has 5 heteroatoms. The first-order valence-electron chi connectivity index (χ1n) is 5.99. The highest BCUT2D eigenvalue weighted by atomic mass is 16.6. The van der Waals surface area contributed by atoms with Crippen LogP contribution in [0.4, 0.5) is 4.79 Å². The normalized spacial score (nSPS) is 9.90. The largest absolute Gasteiger partial charge is 0.607 e. The molecule has 0 saturated heterocycles. The van der Waals surface area contributed by atoms with Crippen molar-refractivity contribution in [3.8, 4) is 5.75 Å². The molecule has 2 rings (SSSR count). The summed E-state index contributed by atoms with van der Waals surface area (Å²) in [5.41, 5.74) is 0.932. The average Bonchev–Trinajstić information content (AvgIpc) is 2.48. The van der Waals surface area contributed by atoms with Crippen molar-refractivity contribution in [2.75, 3.05) is 7.11 Å². The van der Waals surface area contributed by atoms with E-state index in [1.54, 1.807) is 43.3 Å². The van der Waals surface area contributed by atoms with Crippen LogP contribution in [0.25, 0.3) is 0 Å². The van der Waals surface area contributed by atoms with Crippen LogP contribution in [-0.2, 0) is 4.74 Å². The SMILES string of the molecule is COC(=O)c1ccc(C)[n+](C(=O)Oc2ccccc2)c1. The van der Waals surface area contributed by atoms with E-state index in [9.17, 15) is 9.59 Å². The number of pyridine rings is 1. The number of carbonyl (C=O) groups is 2. The number of hydrogen-bond acceptors (Lipinski definition) is 4. The first kappa shape index (κ1) is 13.7. The van der Waals surface area contributed by atoms with Crippen LogP contribution in [0, 0.1) is 6.92 Å². The Morgan fingerprint density at radius 1 is 1.05 bits per heavy atom. The molecule has 0 amide bonds. The third-order valence-corrected chi connectivity index (χ3v) is 2.72. The number of carbonyl (C=O) groups excluding carboxylic acids is 2. The molecule has 0 aliphatic carbocycles. The Hall–Kier alpha value is -2.69. The Balaban J connectivity index is 2.27. The smallest absolute Gasteiger partial charge is 0.465 e. The Bertz CT molecular complexity index is 638. The van der Waals surface area contributed by atoms with Crippen LogP contribution in [0.15, 0.2) is 48.7 Å². The molecule has 0 bridgehead atoms. The van der Waals surface area contributed by atoms with E-state index in [-0.39, 0.29) is 5.56 Å². The van der Waals surface area contributed by atoms with Crippen molar-refractivity contribution in [3.05, 3.63) is 59.9 Å². The van der Waals surface area contributed by atoms with Gasteiger partial charge < -0.3 is 9.47 Å². The van der Waals surface area contributed by atoms with E-state index in [0.29, 0.717) is 11.4 Å². The van der Waals surface area contributed by atoms with Crippen LogP contribution >= 0.6 is 0 Å². The molecule has 0 aliphatic rings. The Labute approximate surface area is 116 Å². The van der Waals surface area contributed by atoms with E-state index in [0.717, 1.165) is 0 Å². The van der Waals surface area contributed by atoms with E-state index >= 15 is 0 Å². The average molecular weight is 272 g/mol. The monoisotopic (exact) mass is 272 g/mol. The van der Waals surface area contributed by atoms with Crippen LogP contribution in [0.3, 0.4) is 0 Å². The van der Waals surface area contributed by atoms with Gasteiger partial charge in [-0.25, -0.2) is 4.79 Å². The molecule has 0 radical (unpaired) electrons. The molecule has 1 aromatic carbocycles. The van der Waals surface area contributed by atoms with Gasteiger partial charge in [0.25, 0.3) is 0 Å². The fourth-order valence-electron chi connectivity index (χ4n) is 1.65. The number of benzene rings is 1. The van der Waals surface area contributed by atoms with Crippen LogP contribution in [-0.4, -0.2) is 19.2 Å². The van der Waals surface area contributed by atoms with Crippen LogP contribution in [0.2, 0.25) is 0 Å². The summed E-state index contributed by atoms with van der Waals surface area (Å²) in [5, 5.41) is 0. The summed E-state index contributed by atoms with van der Waals surface area (Å²) in [6.45, 7) is 1.74. The summed E-state index contributed by atoms with van der Waals surface area (Å²) in [6, 6.07) is 12.0. The molecule has 2 aromatic rings. The molecule has 0 unspecified atom stereocenters. The van der Waals surface area contributed by atoms with E-state index in [1.165, 1.54) is 17.9 Å². The van der Waals surface area contributed by atoms with E-state index in [4.69, 9.17) is 4.74 Å². The fraction of sp³-hybridized carbons (Fsp3) is 0.133. The van der Waals surface area contributed by atoms with E-state index < -0.39 is 12.1 Å². The van der Waals surface area contributed by atoms with Crippen LogP contribution < -0.4 is 9.30 Å². The van der Waals surface area contributed by atoms with Gasteiger partial charge in [-0.3, -0.25) is 0 Å². The van der Waals surface area contributed by atoms with Gasteiger partial charge in [0.2, 0.25) is 0 Å². The number of rotatable bonds is 2. The predicted octanol–water partition coefficient (Wildman–Crippen LogP) is 2.12. The van der Waals surface area contributed by atoms with Crippen molar-refractivity contribution in [2.45, 2.75) is 6.92 Å². The summed E-state index contributed by atoms with van der Waals surface area (Å²) < 4.78 is 11.1. The lowest BCUT2D eigenvalue weighted by atomic mass is 10.2. The van der Waals surface area contributed by atoms with Crippen LogP contribution in [0.1, 0.15) is 16.1 Å². The number of esters is 1. The second kappa shape index (κ2) is 5.97. The molecular weight excluding hydrogens is 258 g/mol. The van der Waals surface area contributed by atoms with Crippen molar-refractivity contribution in [1.82, 2.24) is 0 Å². The summed E-state index contributed by atoms with van der Waals surface area (Å²) in [7, 11) is 1.29. The topological polar surface area (TPSA) is 56.5 Å². The lowest BCUT2D eigenvalue weighted by Crippen LogP contribution is -2.48. The van der Waals surface area contributed by atoms with Gasteiger partial charge in [-0.15, -0.1) is 0 Å². The zero-order chi connectivity index (χ0) is 14.5. The Morgan fingerprint density at radius 2 is 1.75 bits per heavy atom. The maximum Gasteiger partial charge on any atom is 0.607 e. The second-order valence-corrected chi connectivity index (χ2v) is 4.10. The summed E-state index contributed by atoms with van der Waals surface area (Å²) in [6.07, 6.45) is 0.811. The zero-order valence-corrected chi connectivity index (χ0v) is 11.2. The molecule has 0 fully saturated rings.